The van der Waals surface area contributed by atoms with E-state index < -0.39 is 0 Å². The van der Waals surface area contributed by atoms with Crippen molar-refractivity contribution in [2.75, 3.05) is 18.0 Å². The largest absolute Gasteiger partial charge is 0.407 e. The summed E-state index contributed by atoms with van der Waals surface area (Å²) in [6, 6.07) is 1.37. The highest BCUT2D eigenvalue weighted by atomic mass is 16.4. The Morgan fingerprint density at radius 1 is 1.24 bits per heavy atom. The summed E-state index contributed by atoms with van der Waals surface area (Å²) in [7, 11) is 0. The van der Waals surface area contributed by atoms with Gasteiger partial charge in [0.25, 0.3) is 0 Å². The molecular formula is C12H20N4O. The third kappa shape index (κ3) is 2.44. The number of rotatable bonds is 4. The van der Waals surface area contributed by atoms with Crippen LogP contribution in [-0.4, -0.2) is 29.3 Å². The molecule has 94 valence electrons. The van der Waals surface area contributed by atoms with Crippen LogP contribution < -0.4 is 10.2 Å². The molecule has 2 aliphatic rings. The first-order chi connectivity index (χ1) is 8.22. The summed E-state index contributed by atoms with van der Waals surface area (Å²) in [5.41, 5.74) is 0. The van der Waals surface area contributed by atoms with E-state index in [1.165, 1.54) is 12.8 Å². The molecule has 1 saturated carbocycles. The van der Waals surface area contributed by atoms with Crippen molar-refractivity contribution >= 4 is 6.01 Å². The third-order valence-electron chi connectivity index (χ3n) is 3.83. The van der Waals surface area contributed by atoms with Crippen molar-refractivity contribution in [3.05, 3.63) is 5.89 Å². The summed E-state index contributed by atoms with van der Waals surface area (Å²) < 4.78 is 5.68. The van der Waals surface area contributed by atoms with Crippen LogP contribution in [0.1, 0.15) is 32.6 Å². The highest BCUT2D eigenvalue weighted by Gasteiger charge is 2.29. The fourth-order valence-corrected chi connectivity index (χ4v) is 2.25. The Labute approximate surface area is 102 Å². The maximum atomic E-state index is 5.68. The molecule has 2 atom stereocenters. The van der Waals surface area contributed by atoms with Gasteiger partial charge < -0.3 is 14.6 Å². The van der Waals surface area contributed by atoms with E-state index in [-0.39, 0.29) is 0 Å². The van der Waals surface area contributed by atoms with Crippen LogP contribution in [0.3, 0.4) is 0 Å². The molecule has 2 heterocycles. The summed E-state index contributed by atoms with van der Waals surface area (Å²) in [5, 5.41) is 11.6. The molecule has 0 spiro atoms. The summed E-state index contributed by atoms with van der Waals surface area (Å²) in [6.45, 7) is 7.31. The Bertz CT molecular complexity index is 378. The van der Waals surface area contributed by atoms with Crippen LogP contribution >= 0.6 is 0 Å². The van der Waals surface area contributed by atoms with Crippen LogP contribution in [0.4, 0.5) is 6.01 Å². The Hall–Kier alpha value is -1.10. The topological polar surface area (TPSA) is 54.2 Å². The number of nitrogens with zero attached hydrogens (tertiary/aromatic N) is 3. The van der Waals surface area contributed by atoms with Gasteiger partial charge in [-0.05, 0) is 24.7 Å². The molecule has 0 radical (unpaired) electrons. The van der Waals surface area contributed by atoms with Gasteiger partial charge in [-0.15, -0.1) is 5.10 Å². The normalized spacial score (nSPS) is 28.9. The van der Waals surface area contributed by atoms with Crippen molar-refractivity contribution in [3.63, 3.8) is 0 Å². The molecule has 1 aromatic heterocycles. The van der Waals surface area contributed by atoms with E-state index in [1.54, 1.807) is 0 Å². The lowest BCUT2D eigenvalue weighted by Crippen LogP contribution is -2.19. The van der Waals surface area contributed by atoms with E-state index in [0.717, 1.165) is 13.1 Å². The minimum atomic E-state index is 0.678. The molecule has 1 aliphatic carbocycles. The van der Waals surface area contributed by atoms with E-state index in [9.17, 15) is 0 Å². The fraction of sp³-hybridized carbons (Fsp3) is 0.833. The van der Waals surface area contributed by atoms with Crippen molar-refractivity contribution < 1.29 is 4.42 Å². The summed E-state index contributed by atoms with van der Waals surface area (Å²) in [6.07, 6.45) is 2.56. The first kappa shape index (κ1) is 11.0. The number of anilines is 1. The quantitative estimate of drug-likeness (QED) is 0.856. The molecule has 1 saturated heterocycles. The zero-order chi connectivity index (χ0) is 11.8. The lowest BCUT2D eigenvalue weighted by molar-refractivity contribution is 0.464. The van der Waals surface area contributed by atoms with Crippen molar-refractivity contribution in [1.82, 2.24) is 15.5 Å². The average molecular weight is 236 g/mol. The zero-order valence-corrected chi connectivity index (χ0v) is 10.5. The second-order valence-corrected chi connectivity index (χ2v) is 5.49. The highest BCUT2D eigenvalue weighted by Crippen LogP contribution is 2.26. The first-order valence-corrected chi connectivity index (χ1v) is 6.53. The minimum Gasteiger partial charge on any atom is -0.407 e. The second-order valence-electron chi connectivity index (χ2n) is 5.49. The first-order valence-electron chi connectivity index (χ1n) is 6.53. The van der Waals surface area contributed by atoms with Gasteiger partial charge in [0.05, 0.1) is 6.54 Å². The monoisotopic (exact) mass is 236 g/mol. The maximum Gasteiger partial charge on any atom is 0.318 e. The molecule has 2 fully saturated rings. The Morgan fingerprint density at radius 3 is 2.59 bits per heavy atom. The van der Waals surface area contributed by atoms with Crippen LogP contribution in [0.15, 0.2) is 4.42 Å². The van der Waals surface area contributed by atoms with Crippen LogP contribution in [0.2, 0.25) is 0 Å². The second kappa shape index (κ2) is 4.29. The van der Waals surface area contributed by atoms with Gasteiger partial charge in [0.2, 0.25) is 5.89 Å². The summed E-state index contributed by atoms with van der Waals surface area (Å²) in [5.74, 6) is 2.11. The maximum absolute atomic E-state index is 5.68. The molecule has 3 rings (SSSR count). The van der Waals surface area contributed by atoms with E-state index in [4.69, 9.17) is 4.42 Å². The SMILES string of the molecule is CC1CN(c2nnc(CNC3CC3)o2)CC1C. The Balaban J connectivity index is 1.59. The van der Waals surface area contributed by atoms with Gasteiger partial charge >= 0.3 is 6.01 Å². The lowest BCUT2D eigenvalue weighted by atomic mass is 10.0. The molecule has 0 bridgehead atoms. The van der Waals surface area contributed by atoms with Gasteiger partial charge in [-0.1, -0.05) is 18.9 Å². The number of hydrogen-bond acceptors (Lipinski definition) is 5. The molecule has 0 amide bonds. The fourth-order valence-electron chi connectivity index (χ4n) is 2.25. The van der Waals surface area contributed by atoms with Crippen LogP contribution in [0.25, 0.3) is 0 Å². The molecule has 2 unspecified atom stereocenters. The molecule has 17 heavy (non-hydrogen) atoms. The summed E-state index contributed by atoms with van der Waals surface area (Å²) in [4.78, 5) is 2.20. The summed E-state index contributed by atoms with van der Waals surface area (Å²) >= 11 is 0. The predicted octanol–water partition coefficient (Wildman–Crippen LogP) is 1.41. The zero-order valence-electron chi connectivity index (χ0n) is 10.5. The van der Waals surface area contributed by atoms with Gasteiger partial charge in [0.1, 0.15) is 0 Å². The van der Waals surface area contributed by atoms with Gasteiger partial charge in [-0.2, -0.15) is 0 Å². The van der Waals surface area contributed by atoms with Gasteiger partial charge in [0.15, 0.2) is 0 Å². The number of aromatic nitrogens is 2. The van der Waals surface area contributed by atoms with E-state index in [2.05, 4.69) is 34.3 Å². The standard InChI is InChI=1S/C12H20N4O/c1-8-6-16(7-9(8)2)12-15-14-11(17-12)5-13-10-3-4-10/h8-10,13H,3-7H2,1-2H3. The van der Waals surface area contributed by atoms with E-state index >= 15 is 0 Å². The van der Waals surface area contributed by atoms with Gasteiger partial charge in [-0.25, -0.2) is 0 Å². The predicted molar refractivity (Wildman–Crippen MR) is 64.7 cm³/mol. The van der Waals surface area contributed by atoms with Crippen molar-refractivity contribution in [1.29, 1.82) is 0 Å². The Kier molecular flexibility index (Phi) is 2.78. The molecule has 1 N–H and O–H groups in total. The Morgan fingerprint density at radius 2 is 1.94 bits per heavy atom. The number of nitrogens with one attached hydrogen (secondary N) is 1. The van der Waals surface area contributed by atoms with Gasteiger partial charge in [0, 0.05) is 19.1 Å². The van der Waals surface area contributed by atoms with E-state index in [0.29, 0.717) is 36.3 Å². The van der Waals surface area contributed by atoms with Crippen molar-refractivity contribution in [3.8, 4) is 0 Å². The van der Waals surface area contributed by atoms with Crippen LogP contribution in [0, 0.1) is 11.8 Å². The lowest BCUT2D eigenvalue weighted by Gasteiger charge is -2.11. The smallest absolute Gasteiger partial charge is 0.318 e. The molecule has 1 aromatic rings. The van der Waals surface area contributed by atoms with Crippen LogP contribution in [0.5, 0.6) is 0 Å². The molecule has 1 aliphatic heterocycles. The highest BCUT2D eigenvalue weighted by molar-refractivity contribution is 5.26. The third-order valence-corrected chi connectivity index (χ3v) is 3.83. The van der Waals surface area contributed by atoms with Crippen molar-refractivity contribution in [2.24, 2.45) is 11.8 Å². The minimum absolute atomic E-state index is 0.678. The van der Waals surface area contributed by atoms with Crippen LogP contribution in [-0.2, 0) is 6.54 Å². The molecule has 0 aromatic carbocycles. The van der Waals surface area contributed by atoms with Gasteiger partial charge in [-0.3, -0.25) is 0 Å². The number of hydrogen-bond donors (Lipinski definition) is 1. The molecular weight excluding hydrogens is 216 g/mol. The van der Waals surface area contributed by atoms with Crippen molar-refractivity contribution in [2.45, 2.75) is 39.3 Å². The molecule has 5 nitrogen and oxygen atoms in total. The van der Waals surface area contributed by atoms with E-state index in [1.807, 2.05) is 0 Å². The average Bonchev–Trinajstić information content (AvgIpc) is 2.92. The molecule has 5 heteroatoms.